The molecule has 0 saturated heterocycles. The van der Waals surface area contributed by atoms with Gasteiger partial charge in [-0.2, -0.15) is 15.0 Å². The highest BCUT2D eigenvalue weighted by Gasteiger charge is 2.19. The largest absolute Gasteiger partial charge is 0.305 e. The van der Waals surface area contributed by atoms with E-state index in [1.165, 1.54) is 16.9 Å². The molecule has 0 fully saturated rings. The number of hydrogen-bond donors (Lipinski definition) is 1. The molecule has 2 heterocycles. The van der Waals surface area contributed by atoms with Crippen LogP contribution in [0, 0.1) is 32.1 Å². The monoisotopic (exact) mass is 449 g/mol. The lowest BCUT2D eigenvalue weighted by Crippen LogP contribution is -2.16. The van der Waals surface area contributed by atoms with Crippen molar-refractivity contribution in [2.24, 2.45) is 0 Å². The third-order valence-corrected chi connectivity index (χ3v) is 5.70. The van der Waals surface area contributed by atoms with E-state index in [9.17, 15) is 10.1 Å². The van der Waals surface area contributed by atoms with Crippen LogP contribution in [0.15, 0.2) is 42.6 Å². The number of pyridine rings is 1. The summed E-state index contributed by atoms with van der Waals surface area (Å²) in [6, 6.07) is 12.7. The molecule has 0 aliphatic heterocycles. The summed E-state index contributed by atoms with van der Waals surface area (Å²) in [4.78, 5) is 17.6. The van der Waals surface area contributed by atoms with Gasteiger partial charge in [0.15, 0.2) is 11.6 Å². The average molecular weight is 450 g/mol. The lowest BCUT2D eigenvalue weighted by atomic mass is 10.0. The molecule has 4 rings (SSSR count). The molecule has 0 radical (unpaired) electrons. The lowest BCUT2D eigenvalue weighted by Gasteiger charge is -2.13. The van der Waals surface area contributed by atoms with Gasteiger partial charge in [0, 0.05) is 10.9 Å². The Hall–Kier alpha value is -3.40. The van der Waals surface area contributed by atoms with Gasteiger partial charge in [-0.15, -0.1) is 0 Å². The Bertz CT molecular complexity index is 1400. The molecule has 0 saturated carbocycles. The second kappa shape index (κ2) is 8.03. The van der Waals surface area contributed by atoms with Gasteiger partial charge in [0.25, 0.3) is 5.91 Å². The number of aryl methyl sites for hydroxylation is 3. The van der Waals surface area contributed by atoms with Crippen molar-refractivity contribution in [1.82, 2.24) is 14.8 Å². The number of benzene rings is 2. The third-order valence-electron chi connectivity index (χ3n) is 4.96. The summed E-state index contributed by atoms with van der Waals surface area (Å²) >= 11 is 12.0. The molecule has 8 heteroatoms. The van der Waals surface area contributed by atoms with Gasteiger partial charge in [-0.25, -0.2) is 4.98 Å². The van der Waals surface area contributed by atoms with Crippen LogP contribution in [0.25, 0.3) is 16.7 Å². The van der Waals surface area contributed by atoms with Crippen molar-refractivity contribution in [3.63, 3.8) is 0 Å². The van der Waals surface area contributed by atoms with Crippen molar-refractivity contribution in [3.05, 3.63) is 80.5 Å². The van der Waals surface area contributed by atoms with E-state index in [-0.39, 0.29) is 16.4 Å². The first-order chi connectivity index (χ1) is 14.8. The van der Waals surface area contributed by atoms with Crippen LogP contribution in [-0.4, -0.2) is 20.7 Å². The molecule has 154 valence electrons. The Morgan fingerprint density at radius 3 is 2.55 bits per heavy atom. The Kier molecular flexibility index (Phi) is 5.40. The number of nitrogens with zero attached hydrogens (tertiary/aromatic N) is 4. The van der Waals surface area contributed by atoms with Gasteiger partial charge in [-0.3, -0.25) is 4.79 Å². The summed E-state index contributed by atoms with van der Waals surface area (Å²) in [5.74, 6) is 0.290. The second-order valence-electron chi connectivity index (χ2n) is 7.29. The first-order valence-electron chi connectivity index (χ1n) is 9.42. The molecule has 1 N–H and O–H groups in total. The topological polar surface area (TPSA) is 83.6 Å². The van der Waals surface area contributed by atoms with Gasteiger partial charge in [0.2, 0.25) is 0 Å². The number of carbonyl (C=O) groups is 1. The zero-order valence-corrected chi connectivity index (χ0v) is 18.5. The van der Waals surface area contributed by atoms with Crippen LogP contribution in [0.1, 0.15) is 32.6 Å². The Morgan fingerprint density at radius 2 is 1.84 bits per heavy atom. The zero-order valence-electron chi connectivity index (χ0n) is 17.0. The summed E-state index contributed by atoms with van der Waals surface area (Å²) in [5.41, 5.74) is 4.57. The first kappa shape index (κ1) is 20.9. The number of nitriles is 1. The predicted molar refractivity (Wildman–Crippen MR) is 122 cm³/mol. The highest BCUT2D eigenvalue weighted by atomic mass is 35.5. The molecule has 1 amide bonds. The number of nitrogens with one attached hydrogen (secondary N) is 1. The minimum absolute atomic E-state index is 0.216. The number of rotatable bonds is 3. The van der Waals surface area contributed by atoms with Crippen LogP contribution < -0.4 is 5.32 Å². The molecule has 2 aromatic carbocycles. The molecule has 0 unspecified atom stereocenters. The molecule has 0 aliphatic rings. The van der Waals surface area contributed by atoms with Crippen LogP contribution >= 0.6 is 23.2 Å². The molecule has 31 heavy (non-hydrogen) atoms. The first-order valence-corrected chi connectivity index (χ1v) is 10.2. The summed E-state index contributed by atoms with van der Waals surface area (Å²) in [7, 11) is 0. The summed E-state index contributed by atoms with van der Waals surface area (Å²) < 4.78 is 1.46. The van der Waals surface area contributed by atoms with E-state index < -0.39 is 5.91 Å². The minimum atomic E-state index is -0.443. The second-order valence-corrected chi connectivity index (χ2v) is 8.10. The molecule has 6 nitrogen and oxygen atoms in total. The van der Waals surface area contributed by atoms with Gasteiger partial charge in [0.1, 0.15) is 11.6 Å². The standard InChI is InChI=1S/C23H17Cl2N5O/c1-12-6-14(3)21-17(7-12)13(2)8-20(28-21)30-22(16(10-26)11-27-30)29-23(31)15-4-5-18(24)19(25)9-15/h4-9,11H,1-3H3,(H,29,31). The van der Waals surface area contributed by atoms with Gasteiger partial charge in [0.05, 0.1) is 21.8 Å². The number of amides is 1. The van der Waals surface area contributed by atoms with Crippen LogP contribution in [0.3, 0.4) is 0 Å². The van der Waals surface area contributed by atoms with Crippen LogP contribution in [0.2, 0.25) is 10.0 Å². The molecule has 0 aliphatic carbocycles. The summed E-state index contributed by atoms with van der Waals surface area (Å²) in [6.45, 7) is 6.04. The van der Waals surface area contributed by atoms with Gasteiger partial charge < -0.3 is 5.32 Å². The summed E-state index contributed by atoms with van der Waals surface area (Å²) in [5, 5.41) is 18.3. The maximum Gasteiger partial charge on any atom is 0.256 e. The van der Waals surface area contributed by atoms with Crippen molar-refractivity contribution >= 4 is 45.8 Å². The van der Waals surface area contributed by atoms with Crippen LogP contribution in [-0.2, 0) is 0 Å². The number of carbonyl (C=O) groups excluding carboxylic acids is 1. The van der Waals surface area contributed by atoms with Crippen LogP contribution in [0.4, 0.5) is 5.82 Å². The van der Waals surface area contributed by atoms with E-state index in [1.54, 1.807) is 12.1 Å². The maximum atomic E-state index is 12.8. The van der Waals surface area contributed by atoms with Crippen molar-refractivity contribution in [2.45, 2.75) is 20.8 Å². The molecular formula is C23H17Cl2N5O. The normalized spacial score (nSPS) is 10.8. The van der Waals surface area contributed by atoms with Crippen molar-refractivity contribution in [3.8, 4) is 11.9 Å². The molecule has 2 aromatic heterocycles. The van der Waals surface area contributed by atoms with E-state index in [4.69, 9.17) is 28.2 Å². The number of halogens is 2. The van der Waals surface area contributed by atoms with Gasteiger partial charge in [-0.1, -0.05) is 34.8 Å². The fourth-order valence-electron chi connectivity index (χ4n) is 3.48. The minimum Gasteiger partial charge on any atom is -0.305 e. The predicted octanol–water partition coefficient (Wildman–Crippen LogP) is 5.78. The highest BCUT2D eigenvalue weighted by molar-refractivity contribution is 6.42. The lowest BCUT2D eigenvalue weighted by molar-refractivity contribution is 0.102. The fraction of sp³-hybridized carbons (Fsp3) is 0.130. The van der Waals surface area contributed by atoms with Gasteiger partial charge in [-0.05, 0) is 62.2 Å². The SMILES string of the molecule is Cc1cc(C)c2nc(-n3ncc(C#N)c3NC(=O)c3ccc(Cl)c(Cl)c3)cc(C)c2c1. The number of hydrogen-bond acceptors (Lipinski definition) is 4. The Balaban J connectivity index is 1.81. The molecule has 0 spiro atoms. The van der Waals surface area contributed by atoms with Crippen molar-refractivity contribution in [1.29, 1.82) is 5.26 Å². The average Bonchev–Trinajstić information content (AvgIpc) is 3.13. The van der Waals surface area contributed by atoms with E-state index in [0.29, 0.717) is 16.4 Å². The van der Waals surface area contributed by atoms with Crippen molar-refractivity contribution < 1.29 is 4.79 Å². The molecular weight excluding hydrogens is 433 g/mol. The van der Waals surface area contributed by atoms with Crippen LogP contribution in [0.5, 0.6) is 0 Å². The fourth-order valence-corrected chi connectivity index (χ4v) is 3.78. The number of fused-ring (bicyclic) bond motifs is 1. The summed E-state index contributed by atoms with van der Waals surface area (Å²) in [6.07, 6.45) is 1.40. The van der Waals surface area contributed by atoms with E-state index >= 15 is 0 Å². The smallest absolute Gasteiger partial charge is 0.256 e. The van der Waals surface area contributed by atoms with E-state index in [0.717, 1.165) is 27.6 Å². The molecule has 0 atom stereocenters. The quantitative estimate of drug-likeness (QED) is 0.429. The van der Waals surface area contributed by atoms with Crippen molar-refractivity contribution in [2.75, 3.05) is 5.32 Å². The van der Waals surface area contributed by atoms with E-state index in [1.807, 2.05) is 26.8 Å². The third kappa shape index (κ3) is 3.86. The van der Waals surface area contributed by atoms with Gasteiger partial charge >= 0.3 is 0 Å². The molecule has 4 aromatic rings. The Morgan fingerprint density at radius 1 is 1.06 bits per heavy atom. The molecule has 0 bridgehead atoms. The van der Waals surface area contributed by atoms with E-state index in [2.05, 4.69) is 28.6 Å². The highest BCUT2D eigenvalue weighted by Crippen LogP contribution is 2.27. The maximum absolute atomic E-state index is 12.8. The Labute approximate surface area is 189 Å². The zero-order chi connectivity index (χ0) is 22.3. The number of anilines is 1. The number of aromatic nitrogens is 3.